The van der Waals surface area contributed by atoms with Crippen molar-refractivity contribution in [2.75, 3.05) is 7.11 Å². The second kappa shape index (κ2) is 7.69. The molecule has 27 heavy (non-hydrogen) atoms. The van der Waals surface area contributed by atoms with Crippen LogP contribution in [0.4, 0.5) is 0 Å². The molecule has 0 aliphatic carbocycles. The van der Waals surface area contributed by atoms with Crippen LogP contribution in [0.25, 0.3) is 0 Å². The minimum absolute atomic E-state index is 0.197. The average molecular weight is 390 g/mol. The largest absolute Gasteiger partial charge is 0.497 e. The Morgan fingerprint density at radius 2 is 2.04 bits per heavy atom. The summed E-state index contributed by atoms with van der Waals surface area (Å²) in [6.07, 6.45) is -0.0218. The van der Waals surface area contributed by atoms with Crippen LogP contribution in [0.2, 0.25) is 5.02 Å². The van der Waals surface area contributed by atoms with Crippen LogP contribution < -0.4 is 19.5 Å². The smallest absolute Gasteiger partial charge is 0.261 e. The summed E-state index contributed by atoms with van der Waals surface area (Å²) >= 11 is 5.97. The molecule has 0 aromatic heterocycles. The number of rotatable bonds is 5. The first-order valence-electron chi connectivity index (χ1n) is 8.87. The van der Waals surface area contributed by atoms with Crippen LogP contribution in [0.15, 0.2) is 42.5 Å². The van der Waals surface area contributed by atoms with Gasteiger partial charge < -0.3 is 19.5 Å². The van der Waals surface area contributed by atoms with Gasteiger partial charge >= 0.3 is 0 Å². The molecule has 1 aliphatic heterocycles. The SMILES string of the molecule is COc1ccc2c(c1)[C@H](NC(=O)[C@@H](C)Oc1cccc(Cl)c1)CC(C)(C)O2. The standard InChI is InChI=1S/C21H24ClNO4/c1-13(26-16-7-5-6-14(22)10-16)20(24)23-18-12-21(2,3)27-19-9-8-15(25-4)11-17(18)19/h5-11,13,18H,12H2,1-4H3,(H,23,24)/t13-,18-/m1/s1. The van der Waals surface area contributed by atoms with E-state index in [1.807, 2.05) is 32.0 Å². The summed E-state index contributed by atoms with van der Waals surface area (Å²) in [7, 11) is 1.61. The van der Waals surface area contributed by atoms with Crippen molar-refractivity contribution in [2.24, 2.45) is 0 Å². The Morgan fingerprint density at radius 3 is 2.74 bits per heavy atom. The van der Waals surface area contributed by atoms with Gasteiger partial charge in [-0.15, -0.1) is 0 Å². The van der Waals surface area contributed by atoms with E-state index >= 15 is 0 Å². The van der Waals surface area contributed by atoms with Gasteiger partial charge in [-0.3, -0.25) is 4.79 Å². The summed E-state index contributed by atoms with van der Waals surface area (Å²) in [6, 6.07) is 12.4. The van der Waals surface area contributed by atoms with E-state index in [9.17, 15) is 4.79 Å². The number of methoxy groups -OCH3 is 1. The zero-order valence-corrected chi connectivity index (χ0v) is 16.7. The van der Waals surface area contributed by atoms with Crippen molar-refractivity contribution in [3.05, 3.63) is 53.1 Å². The Bertz CT molecular complexity index is 837. The Hall–Kier alpha value is -2.40. The topological polar surface area (TPSA) is 56.8 Å². The molecule has 1 heterocycles. The normalized spacial score (nSPS) is 18.6. The summed E-state index contributed by atoms with van der Waals surface area (Å²) in [5.41, 5.74) is 0.508. The minimum atomic E-state index is -0.663. The molecule has 0 spiro atoms. The number of hydrogen-bond acceptors (Lipinski definition) is 4. The van der Waals surface area contributed by atoms with E-state index in [1.54, 1.807) is 38.3 Å². The van der Waals surface area contributed by atoms with E-state index in [2.05, 4.69) is 5.32 Å². The molecule has 2 atom stereocenters. The van der Waals surface area contributed by atoms with Crippen molar-refractivity contribution in [3.63, 3.8) is 0 Å². The monoisotopic (exact) mass is 389 g/mol. The van der Waals surface area contributed by atoms with Crippen LogP contribution in [-0.4, -0.2) is 24.7 Å². The predicted octanol–water partition coefficient (Wildman–Crippen LogP) is 4.53. The molecule has 1 N–H and O–H groups in total. The Balaban J connectivity index is 1.76. The number of carbonyl (C=O) groups excluding carboxylic acids is 1. The third-order valence-corrected chi connectivity index (χ3v) is 4.70. The molecular weight excluding hydrogens is 366 g/mol. The highest BCUT2D eigenvalue weighted by Crippen LogP contribution is 2.41. The number of carbonyl (C=O) groups is 1. The van der Waals surface area contributed by atoms with Gasteiger partial charge in [-0.2, -0.15) is 0 Å². The molecule has 0 fully saturated rings. The molecule has 5 nitrogen and oxygen atoms in total. The van der Waals surface area contributed by atoms with Gasteiger partial charge in [0.05, 0.1) is 13.2 Å². The second-order valence-corrected chi connectivity index (χ2v) is 7.68. The summed E-state index contributed by atoms with van der Waals surface area (Å²) in [5.74, 6) is 1.83. The van der Waals surface area contributed by atoms with Crippen LogP contribution in [0.5, 0.6) is 17.2 Å². The molecule has 0 radical (unpaired) electrons. The van der Waals surface area contributed by atoms with Crippen LogP contribution in [-0.2, 0) is 4.79 Å². The summed E-state index contributed by atoms with van der Waals surface area (Å²) in [5, 5.41) is 3.65. The number of hydrogen-bond donors (Lipinski definition) is 1. The molecule has 0 unspecified atom stereocenters. The molecule has 2 aromatic carbocycles. The summed E-state index contributed by atoms with van der Waals surface area (Å²) < 4.78 is 17.1. The van der Waals surface area contributed by atoms with Gasteiger partial charge in [0, 0.05) is 17.0 Å². The molecule has 3 rings (SSSR count). The molecule has 0 saturated heterocycles. The summed E-state index contributed by atoms with van der Waals surface area (Å²) in [4.78, 5) is 12.7. The quantitative estimate of drug-likeness (QED) is 0.815. The fourth-order valence-corrected chi connectivity index (χ4v) is 3.36. The number of halogens is 1. The van der Waals surface area contributed by atoms with Gasteiger partial charge in [0.2, 0.25) is 0 Å². The molecule has 0 saturated carbocycles. The van der Waals surface area contributed by atoms with Crippen LogP contribution in [0, 0.1) is 0 Å². The lowest BCUT2D eigenvalue weighted by Crippen LogP contribution is -2.44. The van der Waals surface area contributed by atoms with Crippen molar-refractivity contribution in [1.82, 2.24) is 5.32 Å². The van der Waals surface area contributed by atoms with Gasteiger partial charge in [-0.1, -0.05) is 17.7 Å². The van der Waals surface area contributed by atoms with Gasteiger partial charge in [-0.05, 0) is 57.2 Å². The van der Waals surface area contributed by atoms with Crippen molar-refractivity contribution in [2.45, 2.75) is 44.9 Å². The van der Waals surface area contributed by atoms with E-state index in [4.69, 9.17) is 25.8 Å². The van der Waals surface area contributed by atoms with Crippen molar-refractivity contribution in [3.8, 4) is 17.2 Å². The lowest BCUT2D eigenvalue weighted by Gasteiger charge is -2.38. The first-order chi connectivity index (χ1) is 12.8. The number of nitrogens with one attached hydrogen (secondary N) is 1. The minimum Gasteiger partial charge on any atom is -0.497 e. The highest BCUT2D eigenvalue weighted by atomic mass is 35.5. The van der Waals surface area contributed by atoms with Gasteiger partial charge in [0.1, 0.15) is 22.8 Å². The highest BCUT2D eigenvalue weighted by molar-refractivity contribution is 6.30. The average Bonchev–Trinajstić information content (AvgIpc) is 2.60. The molecular formula is C21H24ClNO4. The van der Waals surface area contributed by atoms with E-state index in [-0.39, 0.29) is 11.9 Å². The van der Waals surface area contributed by atoms with E-state index < -0.39 is 11.7 Å². The second-order valence-electron chi connectivity index (χ2n) is 7.25. The zero-order valence-electron chi connectivity index (χ0n) is 15.9. The lowest BCUT2D eigenvalue weighted by atomic mass is 9.89. The first kappa shape index (κ1) is 19.4. The third-order valence-electron chi connectivity index (χ3n) is 4.47. The molecule has 1 amide bonds. The lowest BCUT2D eigenvalue weighted by molar-refractivity contribution is -0.128. The van der Waals surface area contributed by atoms with E-state index in [1.165, 1.54) is 0 Å². The Morgan fingerprint density at radius 1 is 1.26 bits per heavy atom. The first-order valence-corrected chi connectivity index (χ1v) is 9.25. The zero-order chi connectivity index (χ0) is 19.6. The van der Waals surface area contributed by atoms with Crippen LogP contribution >= 0.6 is 11.6 Å². The fourth-order valence-electron chi connectivity index (χ4n) is 3.18. The predicted molar refractivity (Wildman–Crippen MR) is 105 cm³/mol. The van der Waals surface area contributed by atoms with Crippen molar-refractivity contribution >= 4 is 17.5 Å². The number of ether oxygens (including phenoxy) is 3. The van der Waals surface area contributed by atoms with Crippen molar-refractivity contribution in [1.29, 1.82) is 0 Å². The maximum atomic E-state index is 12.7. The maximum Gasteiger partial charge on any atom is 0.261 e. The van der Waals surface area contributed by atoms with Crippen molar-refractivity contribution < 1.29 is 19.0 Å². The maximum absolute atomic E-state index is 12.7. The Labute approximate surface area is 164 Å². The fraction of sp³-hybridized carbons (Fsp3) is 0.381. The Kier molecular flexibility index (Phi) is 5.51. The number of benzene rings is 2. The molecule has 1 aliphatic rings. The van der Waals surface area contributed by atoms with Crippen LogP contribution in [0.1, 0.15) is 38.8 Å². The highest BCUT2D eigenvalue weighted by Gasteiger charge is 2.35. The van der Waals surface area contributed by atoms with Gasteiger partial charge in [-0.25, -0.2) is 0 Å². The number of amides is 1. The molecule has 2 aromatic rings. The van der Waals surface area contributed by atoms with Gasteiger partial charge in [0.25, 0.3) is 5.91 Å². The molecule has 144 valence electrons. The third kappa shape index (κ3) is 4.66. The van der Waals surface area contributed by atoms with E-state index in [0.717, 1.165) is 17.1 Å². The van der Waals surface area contributed by atoms with Gasteiger partial charge in [0.15, 0.2) is 6.10 Å². The van der Waals surface area contributed by atoms with E-state index in [0.29, 0.717) is 17.2 Å². The van der Waals surface area contributed by atoms with Crippen LogP contribution in [0.3, 0.4) is 0 Å². The number of fused-ring (bicyclic) bond motifs is 1. The summed E-state index contributed by atoms with van der Waals surface area (Å²) in [6.45, 7) is 5.73. The molecule has 0 bridgehead atoms. The molecule has 6 heteroatoms.